The molecule has 1 aromatic rings. The van der Waals surface area contributed by atoms with Crippen LogP contribution in [0.4, 0.5) is 0 Å². The molecule has 0 bridgehead atoms. The molecule has 3 nitrogen and oxygen atoms in total. The van der Waals surface area contributed by atoms with E-state index in [0.29, 0.717) is 0 Å². The van der Waals surface area contributed by atoms with E-state index in [0.717, 1.165) is 23.3 Å². The molecular weight excluding hydrogens is 284 g/mol. The topological polar surface area (TPSA) is 42.0 Å². The third-order valence-corrected chi connectivity index (χ3v) is 4.64. The van der Waals surface area contributed by atoms with Gasteiger partial charge in [0, 0.05) is 11.8 Å². The summed E-state index contributed by atoms with van der Waals surface area (Å²) in [5, 5.41) is 3.20. The molecule has 1 amide bonds. The lowest BCUT2D eigenvalue weighted by Gasteiger charge is -2.31. The Labute approximate surface area is 136 Å². The smallest absolute Gasteiger partial charge is 0.252 e. The van der Waals surface area contributed by atoms with E-state index in [4.69, 9.17) is 0 Å². The van der Waals surface area contributed by atoms with Crippen molar-refractivity contribution in [3.8, 4) is 0 Å². The summed E-state index contributed by atoms with van der Waals surface area (Å²) in [5.74, 6) is -0.0180. The van der Waals surface area contributed by atoms with Crippen molar-refractivity contribution in [2.75, 3.05) is 0 Å². The molecule has 0 saturated heterocycles. The van der Waals surface area contributed by atoms with Gasteiger partial charge in [-0.25, -0.2) is 0 Å². The van der Waals surface area contributed by atoms with Gasteiger partial charge in [-0.1, -0.05) is 32.9 Å². The second kappa shape index (κ2) is 4.79. The Morgan fingerprint density at radius 2 is 2.04 bits per heavy atom. The lowest BCUT2D eigenvalue weighted by atomic mass is 9.84. The van der Waals surface area contributed by atoms with Crippen molar-refractivity contribution in [2.45, 2.75) is 33.2 Å². The predicted molar refractivity (Wildman–Crippen MR) is 90.5 cm³/mol. The fourth-order valence-corrected chi connectivity index (χ4v) is 3.32. The number of amides is 1. The third-order valence-electron chi connectivity index (χ3n) is 4.64. The monoisotopic (exact) mass is 304 g/mol. The number of pyridine rings is 1. The number of allylic oxidation sites excluding steroid dienone is 6. The molecule has 3 heteroatoms. The van der Waals surface area contributed by atoms with Gasteiger partial charge in [0.1, 0.15) is 0 Å². The van der Waals surface area contributed by atoms with Crippen molar-refractivity contribution in [1.29, 1.82) is 0 Å². The number of hydrogen-bond acceptors (Lipinski definition) is 2. The van der Waals surface area contributed by atoms with E-state index >= 15 is 0 Å². The van der Waals surface area contributed by atoms with E-state index < -0.39 is 0 Å². The molecule has 0 aromatic carbocycles. The summed E-state index contributed by atoms with van der Waals surface area (Å²) in [6.45, 7) is 6.36. The standard InChI is InChI=1S/C20H20N2O/c1-20(2,3)18(17-6-4-5-9-21-17)22-19(23)14-8-7-13-15-10-12(15)11-16(13)14/h4-9,11,18H,10H2,1-3H3,(H,22,23)/t18-/m1/s1. The van der Waals surface area contributed by atoms with Crippen LogP contribution < -0.4 is 5.32 Å². The van der Waals surface area contributed by atoms with Gasteiger partial charge in [0.15, 0.2) is 0 Å². The number of nitrogens with one attached hydrogen (secondary N) is 1. The maximum atomic E-state index is 12.8. The number of hydrogen-bond donors (Lipinski definition) is 1. The van der Waals surface area contributed by atoms with Crippen molar-refractivity contribution >= 4 is 5.91 Å². The number of rotatable bonds is 3. The molecule has 3 aliphatic rings. The van der Waals surface area contributed by atoms with Crippen LogP contribution in [0.25, 0.3) is 0 Å². The van der Waals surface area contributed by atoms with Crippen molar-refractivity contribution in [1.82, 2.24) is 10.3 Å². The van der Waals surface area contributed by atoms with E-state index in [1.54, 1.807) is 6.20 Å². The summed E-state index contributed by atoms with van der Waals surface area (Å²) in [5.41, 5.74) is 6.69. The Balaban J connectivity index is 1.63. The molecule has 0 aliphatic heterocycles. The van der Waals surface area contributed by atoms with Crippen molar-refractivity contribution < 1.29 is 4.79 Å². The molecular formula is C20H20N2O. The Hall–Kier alpha value is -2.42. The van der Waals surface area contributed by atoms with Gasteiger partial charge < -0.3 is 5.32 Å². The van der Waals surface area contributed by atoms with Gasteiger partial charge in [0.25, 0.3) is 5.91 Å². The molecule has 1 saturated carbocycles. The van der Waals surface area contributed by atoms with Crippen LogP contribution in [0.2, 0.25) is 0 Å². The third kappa shape index (κ3) is 2.37. The molecule has 116 valence electrons. The first kappa shape index (κ1) is 14.2. The molecule has 1 fully saturated rings. The second-order valence-electron chi connectivity index (χ2n) is 7.43. The van der Waals surface area contributed by atoms with Gasteiger partial charge in [-0.15, -0.1) is 0 Å². The predicted octanol–water partition coefficient (Wildman–Crippen LogP) is 3.79. The van der Waals surface area contributed by atoms with Crippen LogP contribution in [0.15, 0.2) is 70.5 Å². The number of carbonyl (C=O) groups excluding carboxylic acids is 1. The second-order valence-corrected chi connectivity index (χ2v) is 7.43. The zero-order valence-electron chi connectivity index (χ0n) is 13.7. The van der Waals surface area contributed by atoms with Gasteiger partial charge in [0.2, 0.25) is 0 Å². The van der Waals surface area contributed by atoms with Crippen molar-refractivity contribution in [3.63, 3.8) is 0 Å². The van der Waals surface area contributed by atoms with Gasteiger partial charge >= 0.3 is 0 Å². The van der Waals surface area contributed by atoms with E-state index in [9.17, 15) is 4.79 Å². The van der Waals surface area contributed by atoms with E-state index in [2.05, 4.69) is 43.2 Å². The molecule has 0 spiro atoms. The fraction of sp³-hybridized carbons (Fsp3) is 0.300. The maximum absolute atomic E-state index is 12.8. The highest BCUT2D eigenvalue weighted by Gasteiger charge is 2.37. The largest absolute Gasteiger partial charge is 0.343 e. The fourth-order valence-electron chi connectivity index (χ4n) is 3.32. The summed E-state index contributed by atoms with van der Waals surface area (Å²) < 4.78 is 0. The van der Waals surface area contributed by atoms with Crippen LogP contribution in [0.5, 0.6) is 0 Å². The molecule has 4 rings (SSSR count). The maximum Gasteiger partial charge on any atom is 0.252 e. The summed E-state index contributed by atoms with van der Waals surface area (Å²) in [6.07, 6.45) is 9.04. The zero-order chi connectivity index (χ0) is 16.2. The van der Waals surface area contributed by atoms with Gasteiger partial charge in [0.05, 0.1) is 11.7 Å². The molecule has 1 N–H and O–H groups in total. The van der Waals surface area contributed by atoms with E-state index in [1.807, 2.05) is 24.3 Å². The first-order valence-electron chi connectivity index (χ1n) is 8.04. The van der Waals surface area contributed by atoms with Crippen LogP contribution in [-0.4, -0.2) is 10.9 Å². The quantitative estimate of drug-likeness (QED) is 0.923. The number of fused-ring (bicyclic) bond motifs is 2. The van der Waals surface area contributed by atoms with Crippen LogP contribution in [0.3, 0.4) is 0 Å². The number of aromatic nitrogens is 1. The molecule has 1 atom stereocenters. The van der Waals surface area contributed by atoms with Crippen LogP contribution in [0.1, 0.15) is 38.9 Å². The SMILES string of the molecule is CC(C)(C)[C@H](NC(=O)C1=C2C=C3CC3=C2C=C1)c1ccccn1. The highest BCUT2D eigenvalue weighted by molar-refractivity contribution is 6.02. The Morgan fingerprint density at radius 1 is 1.22 bits per heavy atom. The van der Waals surface area contributed by atoms with E-state index in [-0.39, 0.29) is 17.4 Å². The molecule has 1 heterocycles. The minimum atomic E-state index is -0.127. The highest BCUT2D eigenvalue weighted by Crippen LogP contribution is 2.51. The highest BCUT2D eigenvalue weighted by atomic mass is 16.1. The Kier molecular flexibility index (Phi) is 2.95. The number of carbonyl (C=O) groups is 1. The summed E-state index contributed by atoms with van der Waals surface area (Å²) >= 11 is 0. The van der Waals surface area contributed by atoms with Crippen molar-refractivity contribution in [3.05, 3.63) is 76.2 Å². The number of nitrogens with zero attached hydrogens (tertiary/aromatic N) is 1. The minimum Gasteiger partial charge on any atom is -0.343 e. The van der Waals surface area contributed by atoms with Gasteiger partial charge in [-0.05, 0) is 58.4 Å². The molecule has 0 unspecified atom stereocenters. The van der Waals surface area contributed by atoms with Crippen LogP contribution in [0, 0.1) is 5.41 Å². The van der Waals surface area contributed by atoms with E-state index in [1.165, 1.54) is 16.7 Å². The molecule has 0 radical (unpaired) electrons. The summed E-state index contributed by atoms with van der Waals surface area (Å²) in [7, 11) is 0. The Morgan fingerprint density at radius 3 is 2.74 bits per heavy atom. The summed E-state index contributed by atoms with van der Waals surface area (Å²) in [4.78, 5) is 17.3. The average molecular weight is 304 g/mol. The summed E-state index contributed by atoms with van der Waals surface area (Å²) in [6, 6.07) is 5.70. The van der Waals surface area contributed by atoms with Gasteiger partial charge in [-0.3, -0.25) is 9.78 Å². The first-order valence-corrected chi connectivity index (χ1v) is 8.04. The first-order chi connectivity index (χ1) is 10.9. The van der Waals surface area contributed by atoms with Crippen LogP contribution in [-0.2, 0) is 4.79 Å². The average Bonchev–Trinajstić information content (AvgIpc) is 2.99. The minimum absolute atomic E-state index is 0.0180. The lowest BCUT2D eigenvalue weighted by molar-refractivity contribution is -0.118. The Bertz CT molecular complexity index is 817. The lowest BCUT2D eigenvalue weighted by Crippen LogP contribution is -2.37. The molecule has 1 aromatic heterocycles. The zero-order valence-corrected chi connectivity index (χ0v) is 13.7. The van der Waals surface area contributed by atoms with Gasteiger partial charge in [-0.2, -0.15) is 0 Å². The van der Waals surface area contributed by atoms with Crippen molar-refractivity contribution in [2.24, 2.45) is 5.41 Å². The normalized spacial score (nSPS) is 19.5. The molecule has 23 heavy (non-hydrogen) atoms. The molecule has 3 aliphatic carbocycles. The van der Waals surface area contributed by atoms with Crippen LogP contribution >= 0.6 is 0 Å².